The van der Waals surface area contributed by atoms with E-state index in [2.05, 4.69) is 4.98 Å². The van der Waals surface area contributed by atoms with Gasteiger partial charge in [-0.05, 0) is 43.0 Å². The van der Waals surface area contributed by atoms with Gasteiger partial charge in [-0.15, -0.1) is 0 Å². The van der Waals surface area contributed by atoms with Crippen molar-refractivity contribution < 1.29 is 23.8 Å². The van der Waals surface area contributed by atoms with Crippen molar-refractivity contribution in [3.8, 4) is 0 Å². The summed E-state index contributed by atoms with van der Waals surface area (Å²) in [5.74, 6) is -0.946. The number of ether oxygens (including phenoxy) is 2. The quantitative estimate of drug-likeness (QED) is 0.340. The van der Waals surface area contributed by atoms with Crippen molar-refractivity contribution in [2.45, 2.75) is 38.3 Å². The number of carbonyl (C=O) groups excluding carboxylic acids is 1. The first-order valence-corrected chi connectivity index (χ1v) is 11.7. The second kappa shape index (κ2) is 10.9. The van der Waals surface area contributed by atoms with E-state index in [9.17, 15) is 4.79 Å². The van der Waals surface area contributed by atoms with Gasteiger partial charge in [0.05, 0.1) is 37.7 Å². The van der Waals surface area contributed by atoms with E-state index < -0.39 is 5.82 Å². The molecule has 9 heteroatoms. The first-order valence-electron chi connectivity index (χ1n) is 10.9. The van der Waals surface area contributed by atoms with E-state index in [4.69, 9.17) is 37.8 Å². The summed E-state index contributed by atoms with van der Waals surface area (Å²) < 4.78 is 28.6. The SMILES string of the molecule is O=C(COCCO)c1cc2c(ncn2CC2CCCCO2)c(F)c1Cc1ccc(Cl)cc1Cl. The average molecular weight is 495 g/mol. The second-order valence-corrected chi connectivity index (χ2v) is 8.93. The molecular weight excluding hydrogens is 470 g/mol. The lowest BCUT2D eigenvalue weighted by Crippen LogP contribution is -2.24. The van der Waals surface area contributed by atoms with E-state index in [0.29, 0.717) is 34.3 Å². The minimum absolute atomic E-state index is 0.0196. The highest BCUT2D eigenvalue weighted by Crippen LogP contribution is 2.30. The maximum atomic E-state index is 15.8. The Bertz CT molecular complexity index is 1150. The molecule has 0 saturated carbocycles. The first kappa shape index (κ1) is 24.1. The largest absolute Gasteiger partial charge is 0.394 e. The summed E-state index contributed by atoms with van der Waals surface area (Å²) in [7, 11) is 0. The van der Waals surface area contributed by atoms with Crippen molar-refractivity contribution in [3.05, 3.63) is 63.1 Å². The van der Waals surface area contributed by atoms with Crippen molar-refractivity contribution in [2.24, 2.45) is 0 Å². The summed E-state index contributed by atoms with van der Waals surface area (Å²) in [6, 6.07) is 6.63. The number of hydrogen-bond donors (Lipinski definition) is 1. The number of rotatable bonds is 9. The summed E-state index contributed by atoms with van der Waals surface area (Å²) >= 11 is 12.3. The summed E-state index contributed by atoms with van der Waals surface area (Å²) in [4.78, 5) is 17.3. The van der Waals surface area contributed by atoms with E-state index in [1.807, 2.05) is 4.57 Å². The number of nitrogens with zero attached hydrogens (tertiary/aromatic N) is 2. The van der Waals surface area contributed by atoms with Gasteiger partial charge in [-0.2, -0.15) is 0 Å². The predicted molar refractivity (Wildman–Crippen MR) is 125 cm³/mol. The molecule has 3 aromatic rings. The molecular formula is C24H25Cl2FN2O4. The number of aliphatic hydroxyl groups excluding tert-OH is 1. The fourth-order valence-corrected chi connectivity index (χ4v) is 4.57. The van der Waals surface area contributed by atoms with Gasteiger partial charge in [-0.1, -0.05) is 29.3 Å². The summed E-state index contributed by atoms with van der Waals surface area (Å²) in [5.41, 5.74) is 1.76. The molecule has 0 aliphatic carbocycles. The third kappa shape index (κ3) is 5.55. The number of hydrogen-bond acceptors (Lipinski definition) is 5. The van der Waals surface area contributed by atoms with Crippen LogP contribution in [0, 0.1) is 5.82 Å². The van der Waals surface area contributed by atoms with Crippen molar-refractivity contribution in [1.82, 2.24) is 9.55 Å². The topological polar surface area (TPSA) is 73.6 Å². The summed E-state index contributed by atoms with van der Waals surface area (Å²) in [6.07, 6.45) is 4.76. The highest BCUT2D eigenvalue weighted by atomic mass is 35.5. The Hall–Kier alpha value is -2.03. The van der Waals surface area contributed by atoms with E-state index in [-0.39, 0.29) is 54.8 Å². The van der Waals surface area contributed by atoms with Crippen molar-refractivity contribution >= 4 is 40.0 Å². The third-order valence-corrected chi connectivity index (χ3v) is 6.37. The van der Waals surface area contributed by atoms with Crippen molar-refractivity contribution in [3.63, 3.8) is 0 Å². The van der Waals surface area contributed by atoms with Gasteiger partial charge in [-0.25, -0.2) is 9.37 Å². The number of halogens is 3. The highest BCUT2D eigenvalue weighted by Gasteiger charge is 2.24. The van der Waals surface area contributed by atoms with E-state index in [1.54, 1.807) is 30.6 Å². The van der Waals surface area contributed by atoms with Gasteiger partial charge in [0.1, 0.15) is 12.1 Å². The van der Waals surface area contributed by atoms with Gasteiger partial charge in [0.25, 0.3) is 0 Å². The number of Topliss-reactive ketones (excluding diaryl/α,β-unsaturated/α-hetero) is 1. The number of carbonyl (C=O) groups is 1. The second-order valence-electron chi connectivity index (χ2n) is 8.08. The van der Waals surface area contributed by atoms with Crippen LogP contribution in [0.25, 0.3) is 11.0 Å². The monoisotopic (exact) mass is 494 g/mol. The number of imidazole rings is 1. The van der Waals surface area contributed by atoms with Gasteiger partial charge in [-0.3, -0.25) is 4.79 Å². The van der Waals surface area contributed by atoms with Crippen LogP contribution in [0.4, 0.5) is 4.39 Å². The van der Waals surface area contributed by atoms with Crippen LogP contribution in [0.1, 0.15) is 40.7 Å². The van der Waals surface area contributed by atoms with Gasteiger partial charge < -0.3 is 19.1 Å². The van der Waals surface area contributed by atoms with Gasteiger partial charge in [0, 0.05) is 34.2 Å². The molecule has 1 aromatic heterocycles. The van der Waals surface area contributed by atoms with Crippen molar-refractivity contribution in [2.75, 3.05) is 26.4 Å². The Labute approximate surface area is 201 Å². The molecule has 0 bridgehead atoms. The molecule has 1 atom stereocenters. The van der Waals surface area contributed by atoms with Gasteiger partial charge in [0.2, 0.25) is 0 Å². The smallest absolute Gasteiger partial charge is 0.188 e. The Kier molecular flexibility index (Phi) is 7.98. The fraction of sp³-hybridized carbons (Fsp3) is 0.417. The van der Waals surface area contributed by atoms with Crippen LogP contribution in [0.5, 0.6) is 0 Å². The number of aromatic nitrogens is 2. The summed E-state index contributed by atoms with van der Waals surface area (Å²) in [6.45, 7) is 0.789. The van der Waals surface area contributed by atoms with Crippen LogP contribution in [0.3, 0.4) is 0 Å². The Morgan fingerprint density at radius 1 is 1.30 bits per heavy atom. The predicted octanol–water partition coefficient (Wildman–Crippen LogP) is 4.83. The molecule has 1 aliphatic heterocycles. The lowest BCUT2D eigenvalue weighted by Gasteiger charge is -2.23. The Balaban J connectivity index is 1.74. The normalized spacial score (nSPS) is 16.4. The molecule has 6 nitrogen and oxygen atoms in total. The first-order chi connectivity index (χ1) is 16.0. The van der Waals surface area contributed by atoms with Crippen LogP contribution in [0.15, 0.2) is 30.6 Å². The lowest BCUT2D eigenvalue weighted by atomic mass is 9.95. The number of fused-ring (bicyclic) bond motifs is 1. The lowest BCUT2D eigenvalue weighted by molar-refractivity contribution is 0.00661. The Morgan fingerprint density at radius 3 is 2.88 bits per heavy atom. The van der Waals surface area contributed by atoms with Crippen LogP contribution in [0.2, 0.25) is 10.0 Å². The van der Waals surface area contributed by atoms with Crippen LogP contribution >= 0.6 is 23.2 Å². The molecule has 0 radical (unpaired) electrons. The molecule has 2 aromatic carbocycles. The molecule has 0 amide bonds. The Morgan fingerprint density at radius 2 is 2.15 bits per heavy atom. The molecule has 33 heavy (non-hydrogen) atoms. The molecule has 2 heterocycles. The number of benzene rings is 2. The molecule has 1 saturated heterocycles. The van der Waals surface area contributed by atoms with Crippen LogP contribution in [-0.4, -0.2) is 53.0 Å². The van der Waals surface area contributed by atoms with E-state index >= 15 is 4.39 Å². The maximum Gasteiger partial charge on any atom is 0.188 e. The molecule has 4 rings (SSSR count). The van der Waals surface area contributed by atoms with Gasteiger partial charge in [0.15, 0.2) is 11.6 Å². The molecule has 1 N–H and O–H groups in total. The average Bonchev–Trinajstić information content (AvgIpc) is 3.20. The molecule has 0 spiro atoms. The zero-order chi connectivity index (χ0) is 23.4. The van der Waals surface area contributed by atoms with E-state index in [0.717, 1.165) is 19.3 Å². The molecule has 1 fully saturated rings. The minimum Gasteiger partial charge on any atom is -0.394 e. The van der Waals surface area contributed by atoms with Crippen LogP contribution < -0.4 is 0 Å². The van der Waals surface area contributed by atoms with Crippen LogP contribution in [-0.2, 0) is 22.4 Å². The zero-order valence-corrected chi connectivity index (χ0v) is 19.5. The third-order valence-electron chi connectivity index (χ3n) is 5.78. The molecule has 176 valence electrons. The fourth-order valence-electron chi connectivity index (χ4n) is 4.10. The standard InChI is InChI=1S/C24H25Cl2FN2O4/c25-16-5-4-15(20(26)10-16)9-19-18(22(31)13-32-8-6-30)11-21-24(23(19)27)28-14-29(21)12-17-3-1-2-7-33-17/h4-5,10-11,14,17,30H,1-3,6-9,12-13H2. The number of aliphatic hydroxyl groups is 1. The molecule has 1 aliphatic rings. The minimum atomic E-state index is -0.563. The number of ketones is 1. The maximum absolute atomic E-state index is 15.8. The van der Waals surface area contributed by atoms with E-state index in [1.165, 1.54) is 0 Å². The van der Waals surface area contributed by atoms with Gasteiger partial charge >= 0.3 is 0 Å². The summed E-state index contributed by atoms with van der Waals surface area (Å²) in [5, 5.41) is 9.81. The zero-order valence-electron chi connectivity index (χ0n) is 18.0. The highest BCUT2D eigenvalue weighted by molar-refractivity contribution is 6.35. The van der Waals surface area contributed by atoms with Crippen molar-refractivity contribution in [1.29, 1.82) is 0 Å². The molecule has 1 unspecified atom stereocenters.